The van der Waals surface area contributed by atoms with E-state index in [2.05, 4.69) is 25.8 Å². The molecular weight excluding hydrogens is 441 g/mol. The molecule has 178 valence electrons. The minimum absolute atomic E-state index is 0.0442. The van der Waals surface area contributed by atoms with Crippen molar-refractivity contribution in [3.8, 4) is 0 Å². The summed E-state index contributed by atoms with van der Waals surface area (Å²) in [6.45, 7) is 9.21. The van der Waals surface area contributed by atoms with E-state index < -0.39 is 20.5 Å². The lowest BCUT2D eigenvalue weighted by Crippen LogP contribution is -2.89. The number of benzene rings is 1. The van der Waals surface area contributed by atoms with Crippen LogP contribution in [-0.4, -0.2) is 35.7 Å². The number of allylic oxidation sites excluding steroid dienone is 1. The molecule has 1 unspecified atom stereocenters. The Morgan fingerprint density at radius 3 is 2.67 bits per heavy atom. The van der Waals surface area contributed by atoms with Crippen molar-refractivity contribution < 1.29 is 29.6 Å². The third kappa shape index (κ3) is 7.82. The summed E-state index contributed by atoms with van der Waals surface area (Å²) < 4.78 is 10.8. The highest BCUT2D eigenvalue weighted by molar-refractivity contribution is 7.42. The van der Waals surface area contributed by atoms with Crippen LogP contribution in [0.25, 0.3) is 0 Å². The number of nitrogen functional groups attached to an aromatic ring is 1. The summed E-state index contributed by atoms with van der Waals surface area (Å²) in [4.78, 5) is 17.6. The zero-order valence-corrected chi connectivity index (χ0v) is 20.7. The first-order chi connectivity index (χ1) is 15.5. The average molecular weight is 477 g/mol. The summed E-state index contributed by atoms with van der Waals surface area (Å²) in [6.07, 6.45) is 2.20. The predicted octanol–water partition coefficient (Wildman–Crippen LogP) is 0.425. The molecular formula is C23H35N5O4P+3. The first-order valence-corrected chi connectivity index (χ1v) is 11.7. The third-order valence-electron chi connectivity index (χ3n) is 4.67. The number of nitrogens with two attached hydrogens (primary N) is 4. The number of aliphatic hydroxyl groups is 1. The molecule has 0 bridgehead atoms. The van der Waals surface area contributed by atoms with Crippen molar-refractivity contribution in [2.45, 2.75) is 34.1 Å². The third-order valence-corrected chi connectivity index (χ3v) is 5.89. The van der Waals surface area contributed by atoms with Gasteiger partial charge in [0.15, 0.2) is 14.4 Å². The number of furan rings is 1. The smallest absolute Gasteiger partial charge is 0.350 e. The van der Waals surface area contributed by atoms with Crippen LogP contribution in [0.4, 0.5) is 11.4 Å². The molecule has 33 heavy (non-hydrogen) atoms. The van der Waals surface area contributed by atoms with Gasteiger partial charge in [0.1, 0.15) is 16.8 Å². The zero-order chi connectivity index (χ0) is 24.6. The van der Waals surface area contributed by atoms with E-state index in [9.17, 15) is 9.90 Å². The van der Waals surface area contributed by atoms with Crippen molar-refractivity contribution >= 4 is 42.9 Å². The Morgan fingerprint density at radius 2 is 2.06 bits per heavy atom. The zero-order valence-electron chi connectivity index (χ0n) is 19.6. The Morgan fingerprint density at radius 1 is 1.33 bits per heavy atom. The molecule has 10 heteroatoms. The normalized spacial score (nSPS) is 13.4. The number of quaternary nitrogens is 1. The van der Waals surface area contributed by atoms with Crippen molar-refractivity contribution in [2.75, 3.05) is 18.9 Å². The van der Waals surface area contributed by atoms with E-state index in [0.717, 1.165) is 11.7 Å². The summed E-state index contributed by atoms with van der Waals surface area (Å²) in [5, 5.41) is 19.2. The maximum Gasteiger partial charge on any atom is 0.350 e. The quantitative estimate of drug-likeness (QED) is 0.0832. The summed E-state index contributed by atoms with van der Waals surface area (Å²) in [5.74, 6) is -0.908. The first kappa shape index (κ1) is 26.3. The number of carbonyl (C=O) groups is 1. The molecule has 0 aliphatic rings. The van der Waals surface area contributed by atoms with Crippen LogP contribution in [0.5, 0.6) is 0 Å². The van der Waals surface area contributed by atoms with Crippen molar-refractivity contribution in [1.82, 2.24) is 0 Å². The summed E-state index contributed by atoms with van der Waals surface area (Å²) >= 11 is 0. The van der Waals surface area contributed by atoms with Crippen molar-refractivity contribution in [2.24, 2.45) is 16.1 Å². The van der Waals surface area contributed by atoms with Gasteiger partial charge < -0.3 is 21.0 Å². The Balaban J connectivity index is 2.47. The molecule has 1 heterocycles. The van der Waals surface area contributed by atoms with Gasteiger partial charge in [-0.3, -0.25) is 5.32 Å². The van der Waals surface area contributed by atoms with Crippen LogP contribution in [0.3, 0.4) is 0 Å². The van der Waals surface area contributed by atoms with Crippen molar-refractivity contribution in [3.05, 3.63) is 53.7 Å². The molecule has 0 aliphatic carbocycles. The number of primary amides is 1. The Bertz CT molecular complexity index is 1040. The number of amides is 1. The van der Waals surface area contributed by atoms with E-state index in [4.69, 9.17) is 25.8 Å². The first-order valence-electron chi connectivity index (χ1n) is 10.7. The number of aliphatic hydroxyl groups excluding tert-OH is 1. The lowest BCUT2D eigenvalue weighted by molar-refractivity contribution is -0.566. The van der Waals surface area contributed by atoms with Gasteiger partial charge in [-0.1, -0.05) is 20.8 Å². The highest BCUT2D eigenvalue weighted by atomic mass is 31.1. The fourth-order valence-electron chi connectivity index (χ4n) is 2.91. The summed E-state index contributed by atoms with van der Waals surface area (Å²) in [5.41, 5.74) is 13.0. The van der Waals surface area contributed by atoms with E-state index in [0.29, 0.717) is 24.5 Å². The monoisotopic (exact) mass is 476 g/mol. The molecule has 2 aromatic rings. The van der Waals surface area contributed by atoms with Gasteiger partial charge in [-0.2, -0.15) is 0 Å². The number of aliphatic imine (C=N–C) groups is 1. The van der Waals surface area contributed by atoms with E-state index >= 15 is 0 Å². The van der Waals surface area contributed by atoms with Gasteiger partial charge in [0.2, 0.25) is 11.5 Å². The maximum atomic E-state index is 13.1. The second-order valence-corrected chi connectivity index (χ2v) is 9.86. The summed E-state index contributed by atoms with van der Waals surface area (Å²) in [7, 11) is -0.556. The predicted molar refractivity (Wildman–Crippen MR) is 133 cm³/mol. The second kappa shape index (κ2) is 11.7. The van der Waals surface area contributed by atoms with Gasteiger partial charge in [0.25, 0.3) is 5.71 Å². The van der Waals surface area contributed by atoms with Gasteiger partial charge >= 0.3 is 5.91 Å². The fraction of sp³-hybridized carbons (Fsp3) is 0.348. The average Bonchev–Trinajstić information content (AvgIpc) is 3.27. The van der Waals surface area contributed by atoms with Gasteiger partial charge in [0, 0.05) is 18.2 Å². The van der Waals surface area contributed by atoms with Crippen LogP contribution in [-0.2, 0) is 9.32 Å². The highest BCUT2D eigenvalue weighted by Gasteiger charge is 2.30. The Labute approximate surface area is 195 Å². The number of amidine groups is 1. The molecule has 1 atom stereocenters. The lowest BCUT2D eigenvalue weighted by Gasteiger charge is -2.16. The molecule has 0 saturated heterocycles. The van der Waals surface area contributed by atoms with Gasteiger partial charge in [0.05, 0.1) is 19.4 Å². The van der Waals surface area contributed by atoms with Crippen molar-refractivity contribution in [1.29, 1.82) is 0 Å². The largest absolute Gasteiger partial charge is 0.501 e. The summed E-state index contributed by atoms with van der Waals surface area (Å²) in [6, 6.07) is 8.35. The molecule has 9 N–H and O–H groups in total. The van der Waals surface area contributed by atoms with Gasteiger partial charge in [-0.25, -0.2) is 19.7 Å². The number of rotatable bonds is 10. The van der Waals surface area contributed by atoms with Gasteiger partial charge in [-0.05, 0) is 36.6 Å². The Hall–Kier alpha value is -3.00. The number of hydrogen-bond donors (Lipinski definition) is 5. The van der Waals surface area contributed by atoms with Crippen LogP contribution in [0.2, 0.25) is 0 Å². The molecule has 1 aromatic carbocycles. The minimum Gasteiger partial charge on any atom is -0.501 e. The highest BCUT2D eigenvalue weighted by Crippen LogP contribution is 2.24. The van der Waals surface area contributed by atoms with Crippen LogP contribution in [0.15, 0.2) is 57.3 Å². The van der Waals surface area contributed by atoms with E-state index in [1.165, 1.54) is 11.6 Å². The lowest BCUT2D eigenvalue weighted by atomic mass is 9.92. The molecule has 0 fully saturated rings. The van der Waals surface area contributed by atoms with E-state index in [1.54, 1.807) is 30.3 Å². The molecule has 0 spiro atoms. The van der Waals surface area contributed by atoms with Crippen LogP contribution in [0.1, 0.15) is 39.9 Å². The molecule has 0 saturated carbocycles. The van der Waals surface area contributed by atoms with Crippen LogP contribution in [0, 0.1) is 5.41 Å². The maximum absolute atomic E-state index is 13.1. The van der Waals surface area contributed by atoms with Crippen LogP contribution >= 0.6 is 8.81 Å². The molecule has 1 aromatic heterocycles. The van der Waals surface area contributed by atoms with E-state index in [-0.39, 0.29) is 28.3 Å². The van der Waals surface area contributed by atoms with Crippen LogP contribution < -0.4 is 27.5 Å². The molecule has 1 amide bonds. The Kier molecular flexibility index (Phi) is 9.34. The second-order valence-electron chi connectivity index (χ2n) is 8.67. The number of anilines is 1. The van der Waals surface area contributed by atoms with Crippen molar-refractivity contribution in [3.63, 3.8) is 0 Å². The molecule has 9 nitrogen and oxygen atoms in total. The SMILES string of the molecule is CCO[PH2+]c1cc(N)ccc1N=C(N)/C(C(=O)[NH2+]CCC(C)(C)C)=C(\O)C(=[NH2+])c1ccco1. The fourth-order valence-corrected chi connectivity index (χ4v) is 3.80. The topological polar surface area (TPSA) is 166 Å². The minimum atomic E-state index is -0.556. The number of nitrogens with zero attached hydrogens (tertiary/aromatic N) is 1. The molecule has 0 radical (unpaired) electrons. The number of carbonyl (C=O) groups excluding carboxylic acids is 1. The molecule has 2 rings (SSSR count). The van der Waals surface area contributed by atoms with Gasteiger partial charge in [-0.15, -0.1) is 0 Å². The number of hydrogen-bond acceptors (Lipinski definition) is 6. The molecule has 0 aliphatic heterocycles. The van der Waals surface area contributed by atoms with E-state index in [1.807, 2.05) is 6.92 Å². The standard InChI is InChI=1S/C23H32N5O4P/c1-5-32-33-17-13-14(24)8-9-15(17)28-21(26)18(22(30)27-11-10-23(2,3)4)20(29)19(25)16-7-6-12-31-16/h6-9,12-13,25,29,33H,5,10-11,24H2,1-4H3,(H2,26,28)(H,27,30)/p+3/b20-18+,25-19?.